The minimum atomic E-state index is -0.0237. The molecule has 2 aromatic carbocycles. The van der Waals surface area contributed by atoms with Crippen LogP contribution in [0.2, 0.25) is 0 Å². The summed E-state index contributed by atoms with van der Waals surface area (Å²) in [6.45, 7) is 1.93. The topological polar surface area (TPSA) is 34.9 Å². The number of carbonyl (C=O) groups excluding carboxylic acids is 1. The fourth-order valence-corrected chi connectivity index (χ4v) is 2.49. The molecule has 23 heavy (non-hydrogen) atoms. The molecule has 1 heterocycles. The fourth-order valence-electron chi connectivity index (χ4n) is 2.23. The maximum absolute atomic E-state index is 12.2. The van der Waals surface area contributed by atoms with Gasteiger partial charge in [-0.1, -0.05) is 34.1 Å². The van der Waals surface area contributed by atoms with Crippen LogP contribution in [0, 0.1) is 6.92 Å². The Morgan fingerprint density at radius 3 is 2.48 bits per heavy atom. The highest BCUT2D eigenvalue weighted by molar-refractivity contribution is 9.10. The van der Waals surface area contributed by atoms with E-state index >= 15 is 0 Å². The molecule has 0 spiro atoms. The van der Waals surface area contributed by atoms with Crippen molar-refractivity contribution >= 4 is 27.8 Å². The van der Waals surface area contributed by atoms with E-state index in [1.165, 1.54) is 0 Å². The lowest BCUT2D eigenvalue weighted by atomic mass is 10.1. The van der Waals surface area contributed by atoms with Crippen LogP contribution >= 0.6 is 15.9 Å². The molecule has 0 bridgehead atoms. The summed E-state index contributed by atoms with van der Waals surface area (Å²) in [7, 11) is 0. The molecule has 114 valence electrons. The predicted molar refractivity (Wildman–Crippen MR) is 95.8 cm³/mol. The van der Waals surface area contributed by atoms with Crippen LogP contribution in [0.3, 0.4) is 0 Å². The van der Waals surface area contributed by atoms with E-state index < -0.39 is 0 Å². The molecule has 0 N–H and O–H groups in total. The van der Waals surface area contributed by atoms with Crippen LogP contribution in [0.1, 0.15) is 21.6 Å². The first-order valence-electron chi connectivity index (χ1n) is 7.23. The largest absolute Gasteiger partial charge is 0.289 e. The summed E-state index contributed by atoms with van der Waals surface area (Å²) in [5, 5.41) is 4.49. The average molecular weight is 367 g/mol. The Hall–Kier alpha value is -2.46. The average Bonchev–Trinajstić information content (AvgIpc) is 2.95. The minimum absolute atomic E-state index is 0.0237. The molecule has 3 aromatic rings. The third kappa shape index (κ3) is 3.66. The van der Waals surface area contributed by atoms with Crippen LogP contribution in [0.4, 0.5) is 0 Å². The Morgan fingerprint density at radius 2 is 1.78 bits per heavy atom. The van der Waals surface area contributed by atoms with Gasteiger partial charge in [0.25, 0.3) is 0 Å². The standard InChI is InChI=1S/C19H15BrN2O/c1-14-16(13-22(21-14)18-5-3-2-4-6-18)9-12-19(23)15-7-10-17(20)11-8-15/h2-13H,1H3/b12-9+. The summed E-state index contributed by atoms with van der Waals surface area (Å²) in [5.41, 5.74) is 3.47. The quantitative estimate of drug-likeness (QED) is 0.489. The molecule has 0 unspecified atom stereocenters. The summed E-state index contributed by atoms with van der Waals surface area (Å²) in [6, 6.07) is 17.2. The summed E-state index contributed by atoms with van der Waals surface area (Å²) < 4.78 is 2.78. The Balaban J connectivity index is 1.81. The summed E-state index contributed by atoms with van der Waals surface area (Å²) in [6.07, 6.45) is 5.32. The number of carbonyl (C=O) groups is 1. The second-order valence-corrected chi connectivity index (χ2v) is 6.07. The molecule has 0 atom stereocenters. The minimum Gasteiger partial charge on any atom is -0.289 e. The summed E-state index contributed by atoms with van der Waals surface area (Å²) >= 11 is 3.36. The van der Waals surface area contributed by atoms with Crippen molar-refractivity contribution in [3.8, 4) is 5.69 Å². The number of para-hydroxylation sites is 1. The number of aryl methyl sites for hydroxylation is 1. The van der Waals surface area contributed by atoms with Gasteiger partial charge in [0.2, 0.25) is 0 Å². The van der Waals surface area contributed by atoms with Crippen molar-refractivity contribution in [2.24, 2.45) is 0 Å². The molecule has 4 heteroatoms. The molecule has 0 aliphatic rings. The molecule has 1 aromatic heterocycles. The lowest BCUT2D eigenvalue weighted by Crippen LogP contribution is -1.93. The zero-order chi connectivity index (χ0) is 16.2. The highest BCUT2D eigenvalue weighted by Crippen LogP contribution is 2.15. The smallest absolute Gasteiger partial charge is 0.185 e. The van der Waals surface area contributed by atoms with Crippen LogP contribution < -0.4 is 0 Å². The van der Waals surface area contributed by atoms with E-state index in [0.717, 1.165) is 21.4 Å². The highest BCUT2D eigenvalue weighted by atomic mass is 79.9. The van der Waals surface area contributed by atoms with Crippen molar-refractivity contribution in [3.05, 3.63) is 88.2 Å². The number of aromatic nitrogens is 2. The van der Waals surface area contributed by atoms with Crippen molar-refractivity contribution in [2.75, 3.05) is 0 Å². The lowest BCUT2D eigenvalue weighted by Gasteiger charge is -1.98. The molecule has 0 radical (unpaired) electrons. The predicted octanol–water partition coefficient (Wildman–Crippen LogP) is 4.84. The van der Waals surface area contributed by atoms with Crippen molar-refractivity contribution in [1.82, 2.24) is 9.78 Å². The Kier molecular flexibility index (Phi) is 4.53. The first-order chi connectivity index (χ1) is 11.1. The number of benzene rings is 2. The third-order valence-electron chi connectivity index (χ3n) is 3.50. The number of hydrogen-bond donors (Lipinski definition) is 0. The van der Waals surface area contributed by atoms with Gasteiger partial charge < -0.3 is 0 Å². The molecule has 0 aliphatic carbocycles. The monoisotopic (exact) mass is 366 g/mol. The first kappa shape index (κ1) is 15.4. The molecular weight excluding hydrogens is 352 g/mol. The number of hydrogen-bond acceptors (Lipinski definition) is 2. The van der Waals surface area contributed by atoms with Crippen molar-refractivity contribution < 1.29 is 4.79 Å². The van der Waals surface area contributed by atoms with E-state index in [2.05, 4.69) is 21.0 Å². The lowest BCUT2D eigenvalue weighted by molar-refractivity contribution is 0.104. The van der Waals surface area contributed by atoms with Gasteiger partial charge in [-0.3, -0.25) is 4.79 Å². The van der Waals surface area contributed by atoms with Gasteiger partial charge in [0.05, 0.1) is 11.4 Å². The van der Waals surface area contributed by atoms with E-state index in [0.29, 0.717) is 5.56 Å². The number of ketones is 1. The van der Waals surface area contributed by atoms with Crippen LogP contribution in [0.5, 0.6) is 0 Å². The van der Waals surface area contributed by atoms with Crippen LogP contribution in [0.15, 0.2) is 71.3 Å². The molecular formula is C19H15BrN2O. The maximum atomic E-state index is 12.2. The van der Waals surface area contributed by atoms with Gasteiger partial charge in [-0.15, -0.1) is 0 Å². The van der Waals surface area contributed by atoms with E-state index in [9.17, 15) is 4.79 Å². The molecule has 3 nitrogen and oxygen atoms in total. The van der Waals surface area contributed by atoms with Crippen LogP contribution in [-0.2, 0) is 0 Å². The van der Waals surface area contributed by atoms with E-state index in [4.69, 9.17) is 0 Å². The maximum Gasteiger partial charge on any atom is 0.185 e. The van der Waals surface area contributed by atoms with Crippen molar-refractivity contribution in [2.45, 2.75) is 6.92 Å². The van der Waals surface area contributed by atoms with Crippen LogP contribution in [0.25, 0.3) is 11.8 Å². The molecule has 0 aliphatic heterocycles. The van der Waals surface area contributed by atoms with Gasteiger partial charge in [0, 0.05) is 21.8 Å². The highest BCUT2D eigenvalue weighted by Gasteiger charge is 2.05. The van der Waals surface area contributed by atoms with Gasteiger partial charge >= 0.3 is 0 Å². The second kappa shape index (κ2) is 6.75. The van der Waals surface area contributed by atoms with Gasteiger partial charge in [0.15, 0.2) is 5.78 Å². The number of allylic oxidation sites excluding steroid dienone is 1. The normalized spacial score (nSPS) is 11.0. The second-order valence-electron chi connectivity index (χ2n) is 5.15. The van der Waals surface area contributed by atoms with Gasteiger partial charge in [-0.25, -0.2) is 4.68 Å². The fraction of sp³-hybridized carbons (Fsp3) is 0.0526. The molecule has 0 saturated carbocycles. The SMILES string of the molecule is Cc1nn(-c2ccccc2)cc1/C=C/C(=O)c1ccc(Br)cc1. The van der Waals surface area contributed by atoms with Crippen LogP contribution in [-0.4, -0.2) is 15.6 Å². The summed E-state index contributed by atoms with van der Waals surface area (Å²) in [4.78, 5) is 12.2. The Labute approximate surface area is 143 Å². The van der Waals surface area contributed by atoms with Gasteiger partial charge in [-0.2, -0.15) is 5.10 Å². The number of nitrogens with zero attached hydrogens (tertiary/aromatic N) is 2. The Bertz CT molecular complexity index is 849. The van der Waals surface area contributed by atoms with E-state index in [-0.39, 0.29) is 5.78 Å². The zero-order valence-corrected chi connectivity index (χ0v) is 14.2. The molecule has 0 fully saturated rings. The number of rotatable bonds is 4. The molecule has 0 amide bonds. The Morgan fingerprint density at radius 1 is 1.09 bits per heavy atom. The van der Waals surface area contributed by atoms with E-state index in [1.54, 1.807) is 18.2 Å². The third-order valence-corrected chi connectivity index (χ3v) is 4.03. The molecule has 0 saturated heterocycles. The van der Waals surface area contributed by atoms with Crippen molar-refractivity contribution in [1.29, 1.82) is 0 Å². The van der Waals surface area contributed by atoms with E-state index in [1.807, 2.05) is 66.3 Å². The van der Waals surface area contributed by atoms with Gasteiger partial charge in [-0.05, 0) is 55.5 Å². The zero-order valence-electron chi connectivity index (χ0n) is 12.6. The summed E-state index contributed by atoms with van der Waals surface area (Å²) in [5.74, 6) is -0.0237. The first-order valence-corrected chi connectivity index (χ1v) is 8.02. The van der Waals surface area contributed by atoms with Gasteiger partial charge in [0.1, 0.15) is 0 Å². The number of halogens is 1. The van der Waals surface area contributed by atoms with Crippen molar-refractivity contribution in [3.63, 3.8) is 0 Å². The molecule has 3 rings (SSSR count).